The Hall–Kier alpha value is -1.60. The van der Waals surface area contributed by atoms with Gasteiger partial charge >= 0.3 is 0 Å². The topological polar surface area (TPSA) is 38.7 Å². The molecule has 0 aliphatic carbocycles. The van der Waals surface area contributed by atoms with Crippen LogP contribution in [0.2, 0.25) is 5.02 Å². The van der Waals surface area contributed by atoms with Gasteiger partial charge in [0.1, 0.15) is 5.82 Å². The molecule has 0 unspecified atom stereocenters. The van der Waals surface area contributed by atoms with Gasteiger partial charge in [0, 0.05) is 20.9 Å². The van der Waals surface area contributed by atoms with Gasteiger partial charge in [-0.3, -0.25) is 4.98 Å². The van der Waals surface area contributed by atoms with Crippen LogP contribution < -0.4 is 0 Å². The molecule has 0 atom stereocenters. The van der Waals surface area contributed by atoms with E-state index in [-0.39, 0.29) is 5.82 Å². The van der Waals surface area contributed by atoms with Crippen molar-refractivity contribution < 1.29 is 4.39 Å². The molecule has 0 amide bonds. The van der Waals surface area contributed by atoms with E-state index in [4.69, 9.17) is 11.6 Å². The average molecular weight is 440 g/mol. The lowest BCUT2D eigenvalue weighted by Gasteiger charge is -2.15. The molecule has 116 valence electrons. The van der Waals surface area contributed by atoms with Crippen LogP contribution in [0.1, 0.15) is 11.4 Å². The van der Waals surface area contributed by atoms with Crippen LogP contribution in [-0.2, 0) is 0 Å². The van der Waals surface area contributed by atoms with Gasteiger partial charge < -0.3 is 0 Å². The van der Waals surface area contributed by atoms with E-state index in [0.717, 1.165) is 31.6 Å². The zero-order chi connectivity index (χ0) is 16.6. The van der Waals surface area contributed by atoms with Crippen molar-refractivity contribution in [1.29, 1.82) is 0 Å². The fourth-order valence-corrected chi connectivity index (χ4v) is 3.37. The van der Waals surface area contributed by atoms with E-state index in [9.17, 15) is 4.39 Å². The molecule has 2 aromatic heterocycles. The zero-order valence-electron chi connectivity index (χ0n) is 12.4. The molecule has 3 rings (SSSR count). The first kappa shape index (κ1) is 16.3. The van der Waals surface area contributed by atoms with E-state index >= 15 is 0 Å². The van der Waals surface area contributed by atoms with Gasteiger partial charge in [0.15, 0.2) is 0 Å². The molecule has 0 spiro atoms. The van der Waals surface area contributed by atoms with E-state index in [0.29, 0.717) is 10.7 Å². The first-order valence-corrected chi connectivity index (χ1v) is 8.34. The Balaban J connectivity index is 2.32. The van der Waals surface area contributed by atoms with Crippen molar-refractivity contribution in [2.45, 2.75) is 13.8 Å². The maximum Gasteiger partial charge on any atom is 0.123 e. The SMILES string of the molecule is Cc1nnc(C)c(-c2ncc(I)cc2Cl)c1-c1ccc(F)cc1. The van der Waals surface area contributed by atoms with Crippen LogP contribution in [0.4, 0.5) is 4.39 Å². The summed E-state index contributed by atoms with van der Waals surface area (Å²) in [7, 11) is 0. The second kappa shape index (κ2) is 6.49. The summed E-state index contributed by atoms with van der Waals surface area (Å²) in [6, 6.07) is 8.16. The van der Waals surface area contributed by atoms with Gasteiger partial charge in [0.05, 0.1) is 22.1 Å². The normalized spacial score (nSPS) is 10.8. The minimum atomic E-state index is -0.280. The summed E-state index contributed by atoms with van der Waals surface area (Å²) < 4.78 is 14.2. The van der Waals surface area contributed by atoms with Crippen LogP contribution >= 0.6 is 34.2 Å². The van der Waals surface area contributed by atoms with Crippen molar-refractivity contribution in [3.05, 3.63) is 62.3 Å². The van der Waals surface area contributed by atoms with Crippen LogP contribution in [0.25, 0.3) is 22.4 Å². The molecule has 2 heterocycles. The summed E-state index contributed by atoms with van der Waals surface area (Å²) >= 11 is 8.56. The number of rotatable bonds is 2. The molecule has 0 saturated carbocycles. The van der Waals surface area contributed by atoms with E-state index in [2.05, 4.69) is 37.8 Å². The van der Waals surface area contributed by atoms with Gasteiger partial charge in [-0.25, -0.2) is 4.39 Å². The number of hydrogen-bond donors (Lipinski definition) is 0. The highest BCUT2D eigenvalue weighted by molar-refractivity contribution is 14.1. The van der Waals surface area contributed by atoms with E-state index in [1.165, 1.54) is 12.1 Å². The molecule has 3 nitrogen and oxygen atoms in total. The number of benzene rings is 1. The number of aryl methyl sites for hydroxylation is 2. The van der Waals surface area contributed by atoms with Crippen molar-refractivity contribution in [2.24, 2.45) is 0 Å². The van der Waals surface area contributed by atoms with Crippen molar-refractivity contribution in [1.82, 2.24) is 15.2 Å². The largest absolute Gasteiger partial charge is 0.253 e. The van der Waals surface area contributed by atoms with Crippen LogP contribution in [0.15, 0.2) is 36.5 Å². The molecule has 0 saturated heterocycles. The Morgan fingerprint density at radius 1 is 1.00 bits per heavy atom. The maximum absolute atomic E-state index is 13.3. The molecule has 0 aliphatic heterocycles. The summed E-state index contributed by atoms with van der Waals surface area (Å²) in [6.45, 7) is 3.74. The number of halogens is 3. The number of hydrogen-bond acceptors (Lipinski definition) is 3. The summed E-state index contributed by atoms with van der Waals surface area (Å²) in [6.07, 6.45) is 1.76. The van der Waals surface area contributed by atoms with Gasteiger partial charge in [0.25, 0.3) is 0 Å². The predicted octanol–water partition coefficient (Wildman–Crippen LogP) is 5.22. The van der Waals surface area contributed by atoms with Crippen molar-refractivity contribution in [3.8, 4) is 22.4 Å². The standard InChI is InChI=1S/C17H12ClFIN3/c1-9-15(11-3-5-12(19)6-4-11)16(10(2)23-22-9)17-14(18)7-13(20)8-21-17/h3-8H,1-2H3. The van der Waals surface area contributed by atoms with Gasteiger partial charge in [0.2, 0.25) is 0 Å². The maximum atomic E-state index is 13.3. The third kappa shape index (κ3) is 3.21. The second-order valence-electron chi connectivity index (χ2n) is 5.11. The lowest BCUT2D eigenvalue weighted by Crippen LogP contribution is -2.01. The number of nitrogens with zero attached hydrogens (tertiary/aromatic N) is 3. The molecule has 1 aromatic carbocycles. The Morgan fingerprint density at radius 3 is 2.22 bits per heavy atom. The highest BCUT2D eigenvalue weighted by Crippen LogP contribution is 2.37. The van der Waals surface area contributed by atoms with Crippen molar-refractivity contribution in [2.75, 3.05) is 0 Å². The molecule has 0 fully saturated rings. The third-order valence-electron chi connectivity index (χ3n) is 3.50. The minimum Gasteiger partial charge on any atom is -0.253 e. The molecule has 23 heavy (non-hydrogen) atoms. The lowest BCUT2D eigenvalue weighted by molar-refractivity contribution is 0.628. The first-order valence-electron chi connectivity index (χ1n) is 6.88. The smallest absolute Gasteiger partial charge is 0.123 e. The summed E-state index contributed by atoms with van der Waals surface area (Å²) in [5, 5.41) is 8.94. The first-order chi connectivity index (χ1) is 11.0. The number of pyridine rings is 1. The molecule has 3 aromatic rings. The Bertz CT molecular complexity index is 882. The highest BCUT2D eigenvalue weighted by atomic mass is 127. The predicted molar refractivity (Wildman–Crippen MR) is 97.9 cm³/mol. The zero-order valence-corrected chi connectivity index (χ0v) is 15.4. The van der Waals surface area contributed by atoms with E-state index < -0.39 is 0 Å². The second-order valence-corrected chi connectivity index (χ2v) is 6.76. The van der Waals surface area contributed by atoms with Gasteiger partial charge in [-0.05, 0) is 60.2 Å². The summed E-state index contributed by atoms with van der Waals surface area (Å²) in [5.74, 6) is -0.280. The van der Waals surface area contributed by atoms with Crippen molar-refractivity contribution in [3.63, 3.8) is 0 Å². The van der Waals surface area contributed by atoms with E-state index in [1.54, 1.807) is 18.3 Å². The fourth-order valence-electron chi connectivity index (χ4n) is 2.47. The molecule has 0 aliphatic rings. The Labute approximate surface area is 152 Å². The lowest BCUT2D eigenvalue weighted by atomic mass is 9.95. The van der Waals surface area contributed by atoms with Crippen LogP contribution in [-0.4, -0.2) is 15.2 Å². The highest BCUT2D eigenvalue weighted by Gasteiger charge is 2.19. The summed E-state index contributed by atoms with van der Waals surface area (Å²) in [5.41, 5.74) is 4.67. The van der Waals surface area contributed by atoms with Crippen LogP contribution in [0, 0.1) is 23.2 Å². The molecule has 0 bridgehead atoms. The van der Waals surface area contributed by atoms with Crippen LogP contribution in [0.5, 0.6) is 0 Å². The van der Waals surface area contributed by atoms with Gasteiger partial charge in [-0.1, -0.05) is 23.7 Å². The molecule has 0 N–H and O–H groups in total. The Morgan fingerprint density at radius 2 is 1.61 bits per heavy atom. The number of aromatic nitrogens is 3. The quantitative estimate of drug-likeness (QED) is 0.514. The third-order valence-corrected chi connectivity index (χ3v) is 4.38. The van der Waals surface area contributed by atoms with Gasteiger partial charge in [-0.2, -0.15) is 10.2 Å². The molecule has 0 radical (unpaired) electrons. The van der Waals surface area contributed by atoms with E-state index in [1.807, 2.05) is 19.9 Å². The monoisotopic (exact) mass is 439 g/mol. The Kier molecular flexibility index (Phi) is 4.59. The molecular weight excluding hydrogens is 428 g/mol. The average Bonchev–Trinajstić information content (AvgIpc) is 2.51. The van der Waals surface area contributed by atoms with Gasteiger partial charge in [-0.15, -0.1) is 0 Å². The van der Waals surface area contributed by atoms with Crippen molar-refractivity contribution >= 4 is 34.2 Å². The molecule has 6 heteroatoms. The minimum absolute atomic E-state index is 0.280. The summed E-state index contributed by atoms with van der Waals surface area (Å²) in [4.78, 5) is 4.47. The van der Waals surface area contributed by atoms with Crippen LogP contribution in [0.3, 0.4) is 0 Å². The fraction of sp³-hybridized carbons (Fsp3) is 0.118. The molecular formula is C17H12ClFIN3.